The van der Waals surface area contributed by atoms with Gasteiger partial charge < -0.3 is 0 Å². The van der Waals surface area contributed by atoms with Crippen LogP contribution in [0.4, 0.5) is 0 Å². The van der Waals surface area contributed by atoms with Crippen LogP contribution in [0.25, 0.3) is 23.3 Å². The Bertz CT molecular complexity index is 1430. The summed E-state index contributed by atoms with van der Waals surface area (Å²) in [6.45, 7) is 32.8. The Kier molecular flexibility index (Phi) is 10.0. The molecule has 0 heterocycles. The first-order valence-corrected chi connectivity index (χ1v) is 14.9. The second-order valence-electron chi connectivity index (χ2n) is 11.8. The topological polar surface area (TPSA) is 0 Å². The lowest BCUT2D eigenvalue weighted by Gasteiger charge is -2.28. The smallest absolute Gasteiger partial charge is 0.0159 e. The van der Waals surface area contributed by atoms with E-state index in [1.165, 1.54) is 66.8 Å². The first kappa shape index (κ1) is 31.2. The third kappa shape index (κ3) is 5.46. The molecule has 0 N–H and O–H groups in total. The van der Waals surface area contributed by atoms with Crippen molar-refractivity contribution in [3.63, 3.8) is 0 Å². The molecule has 1 aliphatic carbocycles. The number of hydrogen-bond donors (Lipinski definition) is 0. The van der Waals surface area contributed by atoms with Gasteiger partial charge >= 0.3 is 0 Å². The van der Waals surface area contributed by atoms with Gasteiger partial charge in [0.15, 0.2) is 0 Å². The summed E-state index contributed by atoms with van der Waals surface area (Å²) in [4.78, 5) is 0. The van der Waals surface area contributed by atoms with Crippen molar-refractivity contribution in [1.29, 1.82) is 0 Å². The highest BCUT2D eigenvalue weighted by molar-refractivity contribution is 5.91. The van der Waals surface area contributed by atoms with Crippen LogP contribution in [0.15, 0.2) is 96.7 Å². The SMILES string of the molecule is C=C/C=C(\C=C/C)C(/C)=C(CCC)/C(=C\C)C(C)C(C)c1ccc2c(c1)C(C)(C)c1cc(C)c(C=C)c(C=C)c1-2. The monoisotopic (exact) mass is 530 g/mol. The number of aryl methyl sites for hydroxylation is 1. The molecule has 0 fully saturated rings. The molecule has 0 saturated heterocycles. The van der Waals surface area contributed by atoms with Crippen molar-refractivity contribution in [2.24, 2.45) is 5.92 Å². The lowest BCUT2D eigenvalue weighted by atomic mass is 9.76. The zero-order valence-electron chi connectivity index (χ0n) is 26.5. The van der Waals surface area contributed by atoms with Crippen molar-refractivity contribution in [2.45, 2.75) is 86.5 Å². The van der Waals surface area contributed by atoms with Gasteiger partial charge in [0.2, 0.25) is 0 Å². The fourth-order valence-corrected chi connectivity index (χ4v) is 6.70. The Morgan fingerprint density at radius 1 is 0.975 bits per heavy atom. The fourth-order valence-electron chi connectivity index (χ4n) is 6.70. The molecule has 0 spiro atoms. The first-order valence-electron chi connectivity index (χ1n) is 14.9. The quantitative estimate of drug-likeness (QED) is 0.253. The standard InChI is InChI=1S/C40H50/c1-13-19-30(20-14-2)29(10)35(21-15-3)33(17-5)28(9)27(8)31-22-23-36-37(25-31)40(11,12)38-24-26(7)32(16-4)34(18-6)39(36)38/h13-14,16-20,22-25,27-28H,1,4,6,15,21H2,2-3,5,7-12H3/b20-14-,30-19+,33-17-,35-29+. The van der Waals surface area contributed by atoms with Crippen LogP contribution in [0.1, 0.15) is 108 Å². The van der Waals surface area contributed by atoms with Crippen LogP contribution < -0.4 is 0 Å². The average molecular weight is 531 g/mol. The molecular formula is C40H50. The van der Waals surface area contributed by atoms with Gasteiger partial charge in [-0.15, -0.1) is 0 Å². The molecule has 0 aliphatic heterocycles. The average Bonchev–Trinajstić information content (AvgIpc) is 3.16. The van der Waals surface area contributed by atoms with Crippen molar-refractivity contribution in [3.8, 4) is 11.1 Å². The molecule has 0 bridgehead atoms. The minimum atomic E-state index is -0.0734. The van der Waals surface area contributed by atoms with Crippen LogP contribution in [0.2, 0.25) is 0 Å². The molecule has 0 heteroatoms. The molecule has 210 valence electrons. The van der Waals surface area contributed by atoms with Crippen molar-refractivity contribution < 1.29 is 0 Å². The highest BCUT2D eigenvalue weighted by Crippen LogP contribution is 2.52. The van der Waals surface area contributed by atoms with Gasteiger partial charge in [0.25, 0.3) is 0 Å². The van der Waals surface area contributed by atoms with E-state index in [0.29, 0.717) is 11.8 Å². The van der Waals surface area contributed by atoms with E-state index in [1.54, 1.807) is 0 Å². The second-order valence-corrected chi connectivity index (χ2v) is 11.8. The first-order chi connectivity index (χ1) is 19.0. The Morgan fingerprint density at radius 3 is 2.20 bits per heavy atom. The maximum absolute atomic E-state index is 4.19. The number of rotatable bonds is 11. The number of allylic oxidation sites excluding steroid dienone is 9. The predicted molar refractivity (Wildman–Crippen MR) is 181 cm³/mol. The predicted octanol–water partition coefficient (Wildman–Crippen LogP) is 12.1. The summed E-state index contributed by atoms with van der Waals surface area (Å²) in [6.07, 6.45) is 16.9. The second kappa shape index (κ2) is 12.9. The van der Waals surface area contributed by atoms with Gasteiger partial charge in [0.1, 0.15) is 0 Å². The van der Waals surface area contributed by atoms with Crippen LogP contribution in [0.5, 0.6) is 0 Å². The van der Waals surface area contributed by atoms with Crippen LogP contribution in [-0.4, -0.2) is 0 Å². The normalized spacial score (nSPS) is 16.7. The highest BCUT2D eigenvalue weighted by Gasteiger charge is 2.38. The van der Waals surface area contributed by atoms with Gasteiger partial charge in [0.05, 0.1) is 0 Å². The van der Waals surface area contributed by atoms with E-state index in [2.05, 4.69) is 131 Å². The Morgan fingerprint density at radius 2 is 1.65 bits per heavy atom. The zero-order valence-corrected chi connectivity index (χ0v) is 26.5. The van der Waals surface area contributed by atoms with Crippen molar-refractivity contribution >= 4 is 12.2 Å². The number of fused-ring (bicyclic) bond motifs is 3. The molecular weight excluding hydrogens is 480 g/mol. The van der Waals surface area contributed by atoms with Crippen LogP contribution >= 0.6 is 0 Å². The van der Waals surface area contributed by atoms with Crippen LogP contribution in [-0.2, 0) is 5.41 Å². The molecule has 2 aromatic carbocycles. The molecule has 2 atom stereocenters. The lowest BCUT2D eigenvalue weighted by Crippen LogP contribution is -2.17. The van der Waals surface area contributed by atoms with Gasteiger partial charge in [-0.3, -0.25) is 0 Å². The van der Waals surface area contributed by atoms with E-state index < -0.39 is 0 Å². The lowest BCUT2D eigenvalue weighted by molar-refractivity contribution is 0.557. The van der Waals surface area contributed by atoms with Gasteiger partial charge in [0, 0.05) is 5.41 Å². The van der Waals surface area contributed by atoms with E-state index in [1.807, 2.05) is 18.2 Å². The molecule has 3 rings (SSSR count). The Balaban J connectivity index is 2.13. The fraction of sp³-hybridized carbons (Fsp3) is 0.350. The summed E-state index contributed by atoms with van der Waals surface area (Å²) in [6, 6.07) is 9.57. The number of hydrogen-bond acceptors (Lipinski definition) is 0. The van der Waals surface area contributed by atoms with Gasteiger partial charge in [-0.1, -0.05) is 128 Å². The summed E-state index contributed by atoms with van der Waals surface area (Å²) in [5.74, 6) is 0.744. The molecule has 2 unspecified atom stereocenters. The van der Waals surface area contributed by atoms with Crippen molar-refractivity contribution in [1.82, 2.24) is 0 Å². The van der Waals surface area contributed by atoms with Gasteiger partial charge in [-0.2, -0.15) is 0 Å². The molecule has 40 heavy (non-hydrogen) atoms. The minimum absolute atomic E-state index is 0.0734. The molecule has 0 radical (unpaired) electrons. The van der Waals surface area contributed by atoms with E-state index in [9.17, 15) is 0 Å². The molecule has 0 aromatic heterocycles. The molecule has 0 amide bonds. The third-order valence-corrected chi connectivity index (χ3v) is 9.14. The minimum Gasteiger partial charge on any atom is -0.0990 e. The summed E-state index contributed by atoms with van der Waals surface area (Å²) in [5, 5.41) is 0. The largest absolute Gasteiger partial charge is 0.0990 e. The molecule has 0 nitrogen and oxygen atoms in total. The third-order valence-electron chi connectivity index (χ3n) is 9.14. The summed E-state index contributed by atoms with van der Waals surface area (Å²) >= 11 is 0. The maximum Gasteiger partial charge on any atom is 0.0159 e. The summed E-state index contributed by atoms with van der Waals surface area (Å²) in [5.41, 5.74) is 16.0. The maximum atomic E-state index is 4.19. The summed E-state index contributed by atoms with van der Waals surface area (Å²) in [7, 11) is 0. The van der Waals surface area contributed by atoms with Crippen LogP contribution in [0, 0.1) is 12.8 Å². The molecule has 0 saturated carbocycles. The van der Waals surface area contributed by atoms with E-state index in [0.717, 1.165) is 12.8 Å². The van der Waals surface area contributed by atoms with E-state index >= 15 is 0 Å². The molecule has 2 aromatic rings. The van der Waals surface area contributed by atoms with Crippen LogP contribution in [0.3, 0.4) is 0 Å². The Labute approximate surface area is 245 Å². The zero-order chi connectivity index (χ0) is 29.8. The Hall–Kier alpha value is -3.38. The number of benzene rings is 2. The van der Waals surface area contributed by atoms with Gasteiger partial charge in [-0.05, 0) is 113 Å². The van der Waals surface area contributed by atoms with E-state index in [-0.39, 0.29) is 5.41 Å². The summed E-state index contributed by atoms with van der Waals surface area (Å²) < 4.78 is 0. The molecule has 1 aliphatic rings. The van der Waals surface area contributed by atoms with Gasteiger partial charge in [-0.25, -0.2) is 0 Å². The van der Waals surface area contributed by atoms with Crippen molar-refractivity contribution in [3.05, 3.63) is 130 Å². The highest BCUT2D eigenvalue weighted by atomic mass is 14.4. The van der Waals surface area contributed by atoms with E-state index in [4.69, 9.17) is 0 Å². The van der Waals surface area contributed by atoms with Crippen molar-refractivity contribution in [2.75, 3.05) is 0 Å².